The lowest BCUT2D eigenvalue weighted by molar-refractivity contribution is 0.576. The van der Waals surface area contributed by atoms with E-state index in [9.17, 15) is 12.8 Å². The van der Waals surface area contributed by atoms with Crippen LogP contribution < -0.4 is 4.72 Å². The summed E-state index contributed by atoms with van der Waals surface area (Å²) >= 11 is 0. The molecule has 2 aromatic carbocycles. The van der Waals surface area contributed by atoms with Gasteiger partial charge in [-0.15, -0.1) is 0 Å². The maximum absolute atomic E-state index is 13.3. The van der Waals surface area contributed by atoms with Gasteiger partial charge in [0, 0.05) is 6.54 Å². The molecular formula is C18H22FNO2S. The summed E-state index contributed by atoms with van der Waals surface area (Å²) in [5.41, 5.74) is 2.61. The van der Waals surface area contributed by atoms with Crippen molar-refractivity contribution in [3.05, 3.63) is 65.0 Å². The average Bonchev–Trinajstić information content (AvgIpc) is 2.47. The summed E-state index contributed by atoms with van der Waals surface area (Å²) in [5, 5.41) is 0. The SMILES string of the molecule is Cc1ccc(F)cc1S(=O)(=O)NCc1ccc(C(C)(C)C)cc1. The van der Waals surface area contributed by atoms with Crippen LogP contribution in [0.5, 0.6) is 0 Å². The first kappa shape index (κ1) is 17.6. The molecule has 1 N–H and O–H groups in total. The maximum Gasteiger partial charge on any atom is 0.241 e. The van der Waals surface area contributed by atoms with Gasteiger partial charge in [-0.2, -0.15) is 0 Å². The van der Waals surface area contributed by atoms with Crippen LogP contribution in [0.1, 0.15) is 37.5 Å². The van der Waals surface area contributed by atoms with Crippen molar-refractivity contribution in [2.45, 2.75) is 44.6 Å². The molecule has 2 aromatic rings. The van der Waals surface area contributed by atoms with Crippen LogP contribution in [0, 0.1) is 12.7 Å². The average molecular weight is 335 g/mol. The van der Waals surface area contributed by atoms with Gasteiger partial charge < -0.3 is 0 Å². The van der Waals surface area contributed by atoms with Gasteiger partial charge in [0.2, 0.25) is 10.0 Å². The number of halogens is 1. The Labute approximate surface area is 137 Å². The molecule has 0 heterocycles. The number of sulfonamides is 1. The minimum atomic E-state index is -3.74. The molecule has 0 saturated carbocycles. The highest BCUT2D eigenvalue weighted by molar-refractivity contribution is 7.89. The molecular weight excluding hydrogens is 313 g/mol. The van der Waals surface area contributed by atoms with Gasteiger partial charge in [0.1, 0.15) is 5.82 Å². The molecule has 0 saturated heterocycles. The molecule has 0 aliphatic carbocycles. The summed E-state index contributed by atoms with van der Waals surface area (Å²) in [6.45, 7) is 8.18. The Hall–Kier alpha value is -1.72. The normalized spacial score (nSPS) is 12.4. The maximum atomic E-state index is 13.3. The van der Waals surface area contributed by atoms with E-state index < -0.39 is 15.8 Å². The lowest BCUT2D eigenvalue weighted by Crippen LogP contribution is -2.24. The molecule has 124 valence electrons. The molecule has 2 rings (SSSR count). The predicted octanol–water partition coefficient (Wildman–Crippen LogP) is 3.91. The zero-order valence-corrected chi connectivity index (χ0v) is 14.7. The third-order valence-corrected chi connectivity index (χ3v) is 5.27. The molecule has 0 unspecified atom stereocenters. The first-order valence-corrected chi connectivity index (χ1v) is 8.93. The Bertz CT molecular complexity index is 791. The van der Waals surface area contributed by atoms with E-state index in [-0.39, 0.29) is 16.9 Å². The van der Waals surface area contributed by atoms with Crippen LogP contribution >= 0.6 is 0 Å². The number of hydrogen-bond donors (Lipinski definition) is 1. The zero-order valence-electron chi connectivity index (χ0n) is 13.9. The van der Waals surface area contributed by atoms with E-state index in [1.54, 1.807) is 6.92 Å². The van der Waals surface area contributed by atoms with E-state index in [1.165, 1.54) is 17.7 Å². The number of rotatable bonds is 4. The van der Waals surface area contributed by atoms with Crippen LogP contribution in [0.3, 0.4) is 0 Å². The van der Waals surface area contributed by atoms with Crippen molar-refractivity contribution in [2.75, 3.05) is 0 Å². The van der Waals surface area contributed by atoms with Gasteiger partial charge in [0.15, 0.2) is 0 Å². The fourth-order valence-electron chi connectivity index (χ4n) is 2.24. The Morgan fingerprint density at radius 1 is 1.04 bits per heavy atom. The zero-order chi connectivity index (χ0) is 17.3. The summed E-state index contributed by atoms with van der Waals surface area (Å²) in [4.78, 5) is -0.0242. The van der Waals surface area contributed by atoms with Crippen molar-refractivity contribution in [2.24, 2.45) is 0 Å². The van der Waals surface area contributed by atoms with E-state index in [4.69, 9.17) is 0 Å². The van der Waals surface area contributed by atoms with E-state index in [1.807, 2.05) is 24.3 Å². The summed E-state index contributed by atoms with van der Waals surface area (Å²) < 4.78 is 40.5. The van der Waals surface area contributed by atoms with Gasteiger partial charge in [0.25, 0.3) is 0 Å². The van der Waals surface area contributed by atoms with E-state index >= 15 is 0 Å². The van der Waals surface area contributed by atoms with Crippen LogP contribution in [0.2, 0.25) is 0 Å². The number of aryl methyl sites for hydroxylation is 1. The fourth-order valence-corrected chi connectivity index (χ4v) is 3.51. The second kappa shape index (κ2) is 6.42. The van der Waals surface area contributed by atoms with Crippen molar-refractivity contribution < 1.29 is 12.8 Å². The topological polar surface area (TPSA) is 46.2 Å². The molecule has 5 heteroatoms. The molecule has 23 heavy (non-hydrogen) atoms. The first-order valence-electron chi connectivity index (χ1n) is 7.45. The smallest absolute Gasteiger partial charge is 0.207 e. The van der Waals surface area contributed by atoms with E-state index in [0.717, 1.165) is 11.6 Å². The molecule has 0 fully saturated rings. The van der Waals surface area contributed by atoms with Crippen molar-refractivity contribution in [1.29, 1.82) is 0 Å². The van der Waals surface area contributed by atoms with Crippen LogP contribution in [0.4, 0.5) is 4.39 Å². The third kappa shape index (κ3) is 4.39. The van der Waals surface area contributed by atoms with Gasteiger partial charge in [-0.05, 0) is 41.2 Å². The van der Waals surface area contributed by atoms with Crippen LogP contribution in [0.15, 0.2) is 47.4 Å². The molecule has 0 atom stereocenters. The van der Waals surface area contributed by atoms with E-state index in [2.05, 4.69) is 25.5 Å². The van der Waals surface area contributed by atoms with Crippen LogP contribution in [-0.4, -0.2) is 8.42 Å². The molecule has 0 aliphatic rings. The minimum absolute atomic E-state index is 0.0242. The van der Waals surface area contributed by atoms with Crippen LogP contribution in [0.25, 0.3) is 0 Å². The molecule has 0 bridgehead atoms. The summed E-state index contributed by atoms with van der Waals surface area (Å²) in [6, 6.07) is 11.6. The summed E-state index contributed by atoms with van der Waals surface area (Å²) in [6.07, 6.45) is 0. The second-order valence-electron chi connectivity index (χ2n) is 6.68. The molecule has 3 nitrogen and oxygen atoms in total. The third-order valence-electron chi connectivity index (χ3n) is 3.73. The molecule has 0 aromatic heterocycles. The Morgan fingerprint density at radius 2 is 1.65 bits per heavy atom. The van der Waals surface area contributed by atoms with Gasteiger partial charge in [0.05, 0.1) is 4.90 Å². The first-order chi connectivity index (χ1) is 10.6. The highest BCUT2D eigenvalue weighted by Gasteiger charge is 2.18. The quantitative estimate of drug-likeness (QED) is 0.921. The van der Waals surface area contributed by atoms with Gasteiger partial charge in [-0.3, -0.25) is 0 Å². The van der Waals surface area contributed by atoms with Crippen LogP contribution in [-0.2, 0) is 22.0 Å². The lowest BCUT2D eigenvalue weighted by Gasteiger charge is -2.19. The van der Waals surface area contributed by atoms with Gasteiger partial charge >= 0.3 is 0 Å². The molecule has 0 spiro atoms. The molecule has 0 radical (unpaired) electrons. The van der Waals surface area contributed by atoms with Crippen molar-refractivity contribution in [3.63, 3.8) is 0 Å². The fraction of sp³-hybridized carbons (Fsp3) is 0.333. The highest BCUT2D eigenvalue weighted by Crippen LogP contribution is 2.22. The lowest BCUT2D eigenvalue weighted by atomic mass is 9.87. The predicted molar refractivity (Wildman–Crippen MR) is 90.3 cm³/mol. The minimum Gasteiger partial charge on any atom is -0.207 e. The largest absolute Gasteiger partial charge is 0.241 e. The van der Waals surface area contributed by atoms with Crippen molar-refractivity contribution >= 4 is 10.0 Å². The number of benzene rings is 2. The number of nitrogens with one attached hydrogen (secondary N) is 1. The highest BCUT2D eigenvalue weighted by atomic mass is 32.2. The summed E-state index contributed by atoms with van der Waals surface area (Å²) in [5.74, 6) is -0.564. The van der Waals surface area contributed by atoms with E-state index in [0.29, 0.717) is 5.56 Å². The van der Waals surface area contributed by atoms with Crippen molar-refractivity contribution in [1.82, 2.24) is 4.72 Å². The Morgan fingerprint density at radius 3 is 2.22 bits per heavy atom. The monoisotopic (exact) mass is 335 g/mol. The molecule has 0 amide bonds. The van der Waals surface area contributed by atoms with Gasteiger partial charge in [-0.25, -0.2) is 17.5 Å². The number of hydrogen-bond acceptors (Lipinski definition) is 2. The summed E-state index contributed by atoms with van der Waals surface area (Å²) in [7, 11) is -3.74. The molecule has 0 aliphatic heterocycles. The van der Waals surface area contributed by atoms with Gasteiger partial charge in [-0.1, -0.05) is 51.1 Å². The van der Waals surface area contributed by atoms with Crippen molar-refractivity contribution in [3.8, 4) is 0 Å². The Kier molecular flexibility index (Phi) is 4.92. The Balaban J connectivity index is 2.15. The standard InChI is InChI=1S/C18H22FNO2S/c1-13-5-10-16(19)11-17(13)23(21,22)20-12-14-6-8-15(9-7-14)18(2,3)4/h5-11,20H,12H2,1-4H3. The second-order valence-corrected chi connectivity index (χ2v) is 8.42.